The summed E-state index contributed by atoms with van der Waals surface area (Å²) in [6.07, 6.45) is 2.98. The standard InChI is InChI=1S/C12H17ClN2O2/c1-4-7-9-10(13)15(8-5-2)12(17)14(6-3)11(9)16/h5H,2,4,6-8H2,1,3H3. The molecule has 0 aliphatic rings. The zero-order chi connectivity index (χ0) is 13.0. The van der Waals surface area contributed by atoms with Crippen LogP contribution >= 0.6 is 11.6 Å². The highest BCUT2D eigenvalue weighted by molar-refractivity contribution is 6.30. The number of rotatable bonds is 5. The molecule has 17 heavy (non-hydrogen) atoms. The number of allylic oxidation sites excluding steroid dienone is 1. The minimum Gasteiger partial charge on any atom is -0.280 e. The average molecular weight is 257 g/mol. The molecule has 1 aromatic rings. The summed E-state index contributed by atoms with van der Waals surface area (Å²) in [6, 6.07) is 0. The number of hydrogen-bond acceptors (Lipinski definition) is 2. The van der Waals surface area contributed by atoms with Crippen molar-refractivity contribution in [3.63, 3.8) is 0 Å². The zero-order valence-corrected chi connectivity index (χ0v) is 11.0. The molecule has 0 spiro atoms. The minimum atomic E-state index is -0.373. The molecular formula is C12H17ClN2O2. The predicted octanol–water partition coefficient (Wildman–Crippen LogP) is 1.82. The molecule has 0 aliphatic heterocycles. The lowest BCUT2D eigenvalue weighted by Gasteiger charge is -2.13. The Morgan fingerprint density at radius 1 is 1.29 bits per heavy atom. The molecule has 0 saturated carbocycles. The molecule has 1 rings (SSSR count). The van der Waals surface area contributed by atoms with Crippen molar-refractivity contribution in [3.05, 3.63) is 44.2 Å². The molecule has 0 radical (unpaired) electrons. The lowest BCUT2D eigenvalue weighted by Crippen LogP contribution is -2.41. The van der Waals surface area contributed by atoms with Gasteiger partial charge in [0.1, 0.15) is 5.15 Å². The van der Waals surface area contributed by atoms with Crippen LogP contribution in [0.5, 0.6) is 0 Å². The summed E-state index contributed by atoms with van der Waals surface area (Å²) in [5.74, 6) is 0. The summed E-state index contributed by atoms with van der Waals surface area (Å²) in [5.41, 5.74) is -0.135. The monoisotopic (exact) mass is 256 g/mol. The number of halogens is 1. The number of nitrogens with zero attached hydrogens (tertiary/aromatic N) is 2. The van der Waals surface area contributed by atoms with E-state index in [-0.39, 0.29) is 16.4 Å². The Labute approximate surface area is 105 Å². The number of aromatic nitrogens is 2. The summed E-state index contributed by atoms with van der Waals surface area (Å²) in [4.78, 5) is 24.0. The van der Waals surface area contributed by atoms with Crippen molar-refractivity contribution in [1.29, 1.82) is 0 Å². The molecule has 0 unspecified atom stereocenters. The molecular weight excluding hydrogens is 240 g/mol. The first kappa shape index (κ1) is 13.8. The summed E-state index contributed by atoms with van der Waals surface area (Å²) in [5, 5.41) is 0.242. The van der Waals surface area contributed by atoms with E-state index in [0.29, 0.717) is 25.1 Å². The molecule has 0 saturated heterocycles. The molecule has 0 aliphatic carbocycles. The van der Waals surface area contributed by atoms with Crippen LogP contribution in [0.4, 0.5) is 0 Å². The van der Waals surface area contributed by atoms with Gasteiger partial charge in [0.25, 0.3) is 5.56 Å². The maximum Gasteiger partial charge on any atom is 0.332 e. The normalized spacial score (nSPS) is 10.5. The SMILES string of the molecule is C=CCn1c(Cl)c(CCC)c(=O)n(CC)c1=O. The lowest BCUT2D eigenvalue weighted by atomic mass is 10.2. The first-order chi connectivity index (χ1) is 8.08. The lowest BCUT2D eigenvalue weighted by molar-refractivity contribution is 0.590. The van der Waals surface area contributed by atoms with E-state index in [1.807, 2.05) is 6.92 Å². The smallest absolute Gasteiger partial charge is 0.280 e. The molecule has 1 heterocycles. The Balaban J connectivity index is 3.62. The summed E-state index contributed by atoms with van der Waals surface area (Å²) >= 11 is 6.11. The Morgan fingerprint density at radius 2 is 1.94 bits per heavy atom. The van der Waals surface area contributed by atoms with E-state index < -0.39 is 0 Å². The predicted molar refractivity (Wildman–Crippen MR) is 69.8 cm³/mol. The second-order valence-corrected chi connectivity index (χ2v) is 4.11. The maximum absolute atomic E-state index is 12.0. The van der Waals surface area contributed by atoms with Gasteiger partial charge in [0, 0.05) is 13.1 Å². The molecule has 4 nitrogen and oxygen atoms in total. The van der Waals surface area contributed by atoms with E-state index in [2.05, 4.69) is 6.58 Å². The van der Waals surface area contributed by atoms with E-state index in [1.54, 1.807) is 13.0 Å². The van der Waals surface area contributed by atoms with Crippen molar-refractivity contribution >= 4 is 11.6 Å². The van der Waals surface area contributed by atoms with E-state index in [1.165, 1.54) is 9.13 Å². The van der Waals surface area contributed by atoms with Crippen LogP contribution in [0.25, 0.3) is 0 Å². The summed E-state index contributed by atoms with van der Waals surface area (Å²) in [6.45, 7) is 7.99. The maximum atomic E-state index is 12.0. The summed E-state index contributed by atoms with van der Waals surface area (Å²) in [7, 11) is 0. The molecule has 0 atom stereocenters. The van der Waals surface area contributed by atoms with E-state index >= 15 is 0 Å². The van der Waals surface area contributed by atoms with E-state index in [4.69, 9.17) is 11.6 Å². The molecule has 94 valence electrons. The van der Waals surface area contributed by atoms with Gasteiger partial charge in [-0.2, -0.15) is 0 Å². The fourth-order valence-corrected chi connectivity index (χ4v) is 2.07. The van der Waals surface area contributed by atoms with Gasteiger partial charge >= 0.3 is 5.69 Å². The topological polar surface area (TPSA) is 44.0 Å². The Hall–Kier alpha value is -1.29. The second kappa shape index (κ2) is 5.87. The van der Waals surface area contributed by atoms with Crippen molar-refractivity contribution in [1.82, 2.24) is 9.13 Å². The van der Waals surface area contributed by atoms with Crippen molar-refractivity contribution in [2.45, 2.75) is 39.8 Å². The Kier molecular flexibility index (Phi) is 4.75. The van der Waals surface area contributed by atoms with Crippen LogP contribution < -0.4 is 11.2 Å². The second-order valence-electron chi connectivity index (χ2n) is 3.75. The van der Waals surface area contributed by atoms with Gasteiger partial charge in [-0.05, 0) is 13.3 Å². The van der Waals surface area contributed by atoms with Crippen molar-refractivity contribution < 1.29 is 0 Å². The number of hydrogen-bond donors (Lipinski definition) is 0. The average Bonchev–Trinajstić information content (AvgIpc) is 2.31. The highest BCUT2D eigenvalue weighted by Gasteiger charge is 2.15. The molecule has 1 aromatic heterocycles. The largest absolute Gasteiger partial charge is 0.332 e. The zero-order valence-electron chi connectivity index (χ0n) is 10.2. The fourth-order valence-electron chi connectivity index (χ4n) is 1.76. The van der Waals surface area contributed by atoms with Gasteiger partial charge in [-0.25, -0.2) is 4.79 Å². The van der Waals surface area contributed by atoms with Gasteiger partial charge in [0.2, 0.25) is 0 Å². The highest BCUT2D eigenvalue weighted by atomic mass is 35.5. The van der Waals surface area contributed by atoms with Crippen LogP contribution in [-0.2, 0) is 19.5 Å². The van der Waals surface area contributed by atoms with Crippen LogP contribution in [0.1, 0.15) is 25.8 Å². The van der Waals surface area contributed by atoms with Crippen molar-refractivity contribution in [3.8, 4) is 0 Å². The van der Waals surface area contributed by atoms with E-state index in [0.717, 1.165) is 6.42 Å². The van der Waals surface area contributed by atoms with Gasteiger partial charge in [-0.1, -0.05) is 31.0 Å². The van der Waals surface area contributed by atoms with E-state index in [9.17, 15) is 9.59 Å². The van der Waals surface area contributed by atoms with Crippen LogP contribution in [0.15, 0.2) is 22.2 Å². The first-order valence-corrected chi connectivity index (χ1v) is 6.09. The molecule has 0 amide bonds. The van der Waals surface area contributed by atoms with Crippen molar-refractivity contribution in [2.75, 3.05) is 0 Å². The molecule has 0 aromatic carbocycles. The van der Waals surface area contributed by atoms with Gasteiger partial charge < -0.3 is 0 Å². The van der Waals surface area contributed by atoms with Gasteiger partial charge in [0.15, 0.2) is 0 Å². The van der Waals surface area contributed by atoms with Crippen LogP contribution in [0.3, 0.4) is 0 Å². The van der Waals surface area contributed by atoms with Gasteiger partial charge in [0.05, 0.1) is 5.56 Å². The molecule has 0 bridgehead atoms. The highest BCUT2D eigenvalue weighted by Crippen LogP contribution is 2.12. The van der Waals surface area contributed by atoms with Crippen LogP contribution in [0.2, 0.25) is 5.15 Å². The molecule has 5 heteroatoms. The van der Waals surface area contributed by atoms with Crippen LogP contribution in [-0.4, -0.2) is 9.13 Å². The molecule has 0 fully saturated rings. The summed E-state index contributed by atoms with van der Waals surface area (Å²) < 4.78 is 2.59. The Bertz CT molecular complexity index is 529. The Morgan fingerprint density at radius 3 is 2.41 bits per heavy atom. The third-order valence-electron chi connectivity index (χ3n) is 2.58. The van der Waals surface area contributed by atoms with Gasteiger partial charge in [-0.3, -0.25) is 13.9 Å². The minimum absolute atomic E-state index is 0.242. The van der Waals surface area contributed by atoms with Crippen LogP contribution in [0, 0.1) is 0 Å². The van der Waals surface area contributed by atoms with Gasteiger partial charge in [-0.15, -0.1) is 6.58 Å². The van der Waals surface area contributed by atoms with Crippen molar-refractivity contribution in [2.24, 2.45) is 0 Å². The first-order valence-electron chi connectivity index (χ1n) is 5.71. The third kappa shape index (κ3) is 2.52. The molecule has 0 N–H and O–H groups in total. The third-order valence-corrected chi connectivity index (χ3v) is 3.01. The fraction of sp³-hybridized carbons (Fsp3) is 0.500. The quantitative estimate of drug-likeness (QED) is 0.596.